The molecule has 0 bridgehead atoms. The highest BCUT2D eigenvalue weighted by Crippen LogP contribution is 2.01. The average molecular weight is 183 g/mol. The molecule has 0 spiro atoms. The minimum Gasteiger partial charge on any atom is -0.412 e. The Morgan fingerprint density at radius 3 is 2.23 bits per heavy atom. The maximum Gasteiger partial charge on any atom is 0.0696 e. The van der Waals surface area contributed by atoms with E-state index in [4.69, 9.17) is 5.11 Å². The minimum absolute atomic E-state index is 0. The zero-order valence-corrected chi connectivity index (χ0v) is 7.77. The standard InChI is InChI=1S/C10H12O.H3N.H2O/c1-9(11)7-8-10-5-3-2-4-6-10;;/h2-9,11H,1H3;1H3;1H2. The number of hydrogen-bond donors (Lipinski definition) is 2. The van der Waals surface area contributed by atoms with Gasteiger partial charge in [-0.25, -0.2) is 0 Å². The number of hydrogen-bond acceptors (Lipinski definition) is 2. The molecular weight excluding hydrogens is 166 g/mol. The van der Waals surface area contributed by atoms with Gasteiger partial charge in [0.15, 0.2) is 0 Å². The van der Waals surface area contributed by atoms with Gasteiger partial charge in [-0.3, -0.25) is 0 Å². The molecule has 0 saturated carbocycles. The van der Waals surface area contributed by atoms with Crippen molar-refractivity contribution in [3.8, 4) is 0 Å². The summed E-state index contributed by atoms with van der Waals surface area (Å²) in [5.41, 5.74) is 1.12. The molecule has 3 nitrogen and oxygen atoms in total. The van der Waals surface area contributed by atoms with E-state index < -0.39 is 0 Å². The van der Waals surface area contributed by atoms with E-state index in [2.05, 4.69) is 0 Å². The lowest BCUT2D eigenvalue weighted by atomic mass is 10.2. The molecule has 3 heteroatoms. The third-order valence-electron chi connectivity index (χ3n) is 1.37. The summed E-state index contributed by atoms with van der Waals surface area (Å²) in [4.78, 5) is 0. The van der Waals surface area contributed by atoms with E-state index >= 15 is 0 Å². The fourth-order valence-corrected chi connectivity index (χ4v) is 0.815. The summed E-state index contributed by atoms with van der Waals surface area (Å²) in [5, 5.41) is 8.93. The Balaban J connectivity index is 0. The fourth-order valence-electron chi connectivity index (χ4n) is 0.815. The van der Waals surface area contributed by atoms with Gasteiger partial charge in [0.2, 0.25) is 0 Å². The molecule has 0 amide bonds. The summed E-state index contributed by atoms with van der Waals surface area (Å²) in [6.07, 6.45) is 3.30. The highest BCUT2D eigenvalue weighted by Gasteiger charge is 1.85. The van der Waals surface area contributed by atoms with Crippen LogP contribution in [-0.2, 0) is 0 Å². The molecule has 13 heavy (non-hydrogen) atoms. The van der Waals surface area contributed by atoms with Gasteiger partial charge in [0.25, 0.3) is 0 Å². The zero-order valence-electron chi connectivity index (χ0n) is 7.77. The van der Waals surface area contributed by atoms with Gasteiger partial charge in [0, 0.05) is 0 Å². The first-order chi connectivity index (χ1) is 5.29. The Bertz CT molecular complexity index is 232. The summed E-state index contributed by atoms with van der Waals surface area (Å²) in [7, 11) is 0. The highest BCUT2D eigenvalue weighted by molar-refractivity contribution is 5.48. The second kappa shape index (κ2) is 7.49. The third kappa shape index (κ3) is 6.04. The van der Waals surface area contributed by atoms with Crippen LogP contribution in [0.25, 0.3) is 6.08 Å². The van der Waals surface area contributed by atoms with Crippen LogP contribution < -0.4 is 6.15 Å². The van der Waals surface area contributed by atoms with Crippen molar-refractivity contribution in [2.24, 2.45) is 0 Å². The van der Waals surface area contributed by atoms with Gasteiger partial charge in [0.05, 0.1) is 6.10 Å². The van der Waals surface area contributed by atoms with Crippen LogP contribution in [0.15, 0.2) is 36.4 Å². The third-order valence-corrected chi connectivity index (χ3v) is 1.37. The molecule has 0 fully saturated rings. The number of rotatable bonds is 2. The largest absolute Gasteiger partial charge is 0.412 e. The maximum atomic E-state index is 8.93. The van der Waals surface area contributed by atoms with Crippen LogP contribution in [-0.4, -0.2) is 16.7 Å². The van der Waals surface area contributed by atoms with E-state index in [0.717, 1.165) is 5.56 Å². The normalized spacial score (nSPS) is 11.5. The predicted octanol–water partition coefficient (Wildman–Crippen LogP) is 1.42. The summed E-state index contributed by atoms with van der Waals surface area (Å²) in [5.74, 6) is 0. The van der Waals surface area contributed by atoms with Crippen LogP contribution in [0.3, 0.4) is 0 Å². The van der Waals surface area contributed by atoms with Crippen LogP contribution in [0.2, 0.25) is 0 Å². The molecule has 1 aromatic rings. The molecule has 1 rings (SSSR count). The Morgan fingerprint density at radius 2 is 1.77 bits per heavy atom. The van der Waals surface area contributed by atoms with Crippen LogP contribution >= 0.6 is 0 Å². The monoisotopic (exact) mass is 183 g/mol. The van der Waals surface area contributed by atoms with Gasteiger partial charge in [-0.1, -0.05) is 42.5 Å². The quantitative estimate of drug-likeness (QED) is 0.726. The molecule has 0 aliphatic carbocycles. The smallest absolute Gasteiger partial charge is 0.0696 e. The zero-order chi connectivity index (χ0) is 8.10. The molecule has 1 aromatic carbocycles. The fraction of sp³-hybridized carbons (Fsp3) is 0.200. The van der Waals surface area contributed by atoms with Crippen molar-refractivity contribution in [1.29, 1.82) is 0 Å². The van der Waals surface area contributed by atoms with E-state index in [0.29, 0.717) is 0 Å². The Kier molecular flexibility index (Phi) is 8.28. The van der Waals surface area contributed by atoms with Crippen LogP contribution in [0, 0.1) is 0 Å². The molecule has 0 aromatic heterocycles. The van der Waals surface area contributed by atoms with E-state index in [1.165, 1.54) is 0 Å². The summed E-state index contributed by atoms with van der Waals surface area (Å²) in [6, 6.07) is 9.92. The van der Waals surface area contributed by atoms with Crippen molar-refractivity contribution in [2.75, 3.05) is 0 Å². The molecule has 0 saturated heterocycles. The molecular formula is C10H17NO2. The van der Waals surface area contributed by atoms with E-state index in [1.54, 1.807) is 13.0 Å². The van der Waals surface area contributed by atoms with E-state index in [9.17, 15) is 0 Å². The number of aliphatic hydroxyl groups excluding tert-OH is 1. The van der Waals surface area contributed by atoms with Gasteiger partial charge in [-0.15, -0.1) is 0 Å². The Hall–Kier alpha value is -1.16. The van der Waals surface area contributed by atoms with Gasteiger partial charge in [-0.2, -0.15) is 0 Å². The van der Waals surface area contributed by atoms with Crippen LogP contribution in [0.1, 0.15) is 12.5 Å². The average Bonchev–Trinajstić information content (AvgIpc) is 2.03. The van der Waals surface area contributed by atoms with Crippen molar-refractivity contribution >= 4 is 6.08 Å². The molecule has 0 heterocycles. The lowest BCUT2D eigenvalue weighted by Gasteiger charge is -1.93. The van der Waals surface area contributed by atoms with Crippen molar-refractivity contribution < 1.29 is 10.6 Å². The highest BCUT2D eigenvalue weighted by atomic mass is 16.3. The van der Waals surface area contributed by atoms with Crippen LogP contribution in [0.4, 0.5) is 0 Å². The first-order valence-corrected chi connectivity index (χ1v) is 3.70. The van der Waals surface area contributed by atoms with Crippen molar-refractivity contribution in [2.45, 2.75) is 13.0 Å². The Labute approximate surface area is 78.6 Å². The number of benzene rings is 1. The van der Waals surface area contributed by atoms with Gasteiger partial charge >= 0.3 is 0 Å². The molecule has 0 radical (unpaired) electrons. The van der Waals surface area contributed by atoms with Gasteiger partial charge < -0.3 is 16.7 Å². The van der Waals surface area contributed by atoms with Gasteiger partial charge in [-0.05, 0) is 12.5 Å². The second-order valence-corrected chi connectivity index (χ2v) is 2.51. The van der Waals surface area contributed by atoms with Crippen molar-refractivity contribution in [3.63, 3.8) is 0 Å². The van der Waals surface area contributed by atoms with E-state index in [1.807, 2.05) is 36.4 Å². The summed E-state index contributed by atoms with van der Waals surface area (Å²) >= 11 is 0. The second-order valence-electron chi connectivity index (χ2n) is 2.51. The predicted molar refractivity (Wildman–Crippen MR) is 55.8 cm³/mol. The minimum atomic E-state index is -0.366. The molecule has 74 valence electrons. The molecule has 1 atom stereocenters. The van der Waals surface area contributed by atoms with Gasteiger partial charge in [0.1, 0.15) is 0 Å². The Morgan fingerprint density at radius 1 is 1.23 bits per heavy atom. The van der Waals surface area contributed by atoms with Crippen LogP contribution in [0.5, 0.6) is 0 Å². The van der Waals surface area contributed by atoms with E-state index in [-0.39, 0.29) is 17.7 Å². The lowest BCUT2D eigenvalue weighted by molar-refractivity contribution is 0.245. The summed E-state index contributed by atoms with van der Waals surface area (Å²) in [6.45, 7) is 1.74. The van der Waals surface area contributed by atoms with Crippen molar-refractivity contribution in [3.05, 3.63) is 42.0 Å². The molecule has 6 N–H and O–H groups in total. The molecule has 0 aliphatic rings. The molecule has 0 aliphatic heterocycles. The summed E-state index contributed by atoms with van der Waals surface area (Å²) < 4.78 is 0. The lowest BCUT2D eigenvalue weighted by Crippen LogP contribution is -1.90. The first-order valence-electron chi connectivity index (χ1n) is 3.70. The maximum absolute atomic E-state index is 8.93. The SMILES string of the molecule is CC(O)C=Cc1ccccc1.N.O. The topological polar surface area (TPSA) is 86.7 Å². The number of aliphatic hydroxyl groups is 1. The molecule has 1 unspecified atom stereocenters. The van der Waals surface area contributed by atoms with Crippen molar-refractivity contribution in [1.82, 2.24) is 6.15 Å². The first kappa shape index (κ1) is 14.4.